The first-order chi connectivity index (χ1) is 10.2. The molecule has 3 N–H and O–H groups in total. The number of hydrogen-bond acceptors (Lipinski definition) is 3. The van der Waals surface area contributed by atoms with Gasteiger partial charge in [-0.2, -0.15) is 0 Å². The number of amides is 2. The highest BCUT2D eigenvalue weighted by atomic mass is 32.1. The van der Waals surface area contributed by atoms with Gasteiger partial charge in [0.1, 0.15) is 0 Å². The predicted molar refractivity (Wildman–Crippen MR) is 87.1 cm³/mol. The Balaban J connectivity index is 1.83. The topological polar surface area (TPSA) is 58.4 Å². The highest BCUT2D eigenvalue weighted by Crippen LogP contribution is 2.18. The molecule has 0 radical (unpaired) electrons. The molecule has 0 spiro atoms. The Morgan fingerprint density at radius 3 is 2.95 bits per heavy atom. The fourth-order valence-electron chi connectivity index (χ4n) is 2.54. The van der Waals surface area contributed by atoms with Crippen molar-refractivity contribution in [3.8, 4) is 11.8 Å². The first-order valence-electron chi connectivity index (χ1n) is 7.47. The van der Waals surface area contributed by atoms with Crippen LogP contribution < -0.4 is 11.1 Å². The summed E-state index contributed by atoms with van der Waals surface area (Å²) < 4.78 is 0. The highest BCUT2D eigenvalue weighted by molar-refractivity contribution is 7.10. The zero-order chi connectivity index (χ0) is 15.1. The van der Waals surface area contributed by atoms with Gasteiger partial charge >= 0.3 is 6.03 Å². The van der Waals surface area contributed by atoms with Gasteiger partial charge in [0, 0.05) is 19.6 Å². The minimum atomic E-state index is 0.0164. The molecule has 0 atom stereocenters. The van der Waals surface area contributed by atoms with Crippen LogP contribution in [-0.4, -0.2) is 30.6 Å². The van der Waals surface area contributed by atoms with E-state index in [1.807, 2.05) is 18.5 Å². The summed E-state index contributed by atoms with van der Waals surface area (Å²) in [4.78, 5) is 14.9. The van der Waals surface area contributed by atoms with Crippen molar-refractivity contribution < 1.29 is 4.79 Å². The molecule has 1 aliphatic carbocycles. The summed E-state index contributed by atoms with van der Waals surface area (Å²) >= 11 is 1.59. The molecular formula is C16H23N3OS. The molecule has 0 bridgehead atoms. The van der Waals surface area contributed by atoms with Gasteiger partial charge in [0.2, 0.25) is 0 Å². The van der Waals surface area contributed by atoms with Crippen molar-refractivity contribution in [2.45, 2.75) is 44.7 Å². The monoisotopic (exact) mass is 305 g/mol. The molecule has 0 saturated heterocycles. The van der Waals surface area contributed by atoms with Gasteiger partial charge in [0.25, 0.3) is 0 Å². The Bertz CT molecular complexity index is 523. The summed E-state index contributed by atoms with van der Waals surface area (Å²) in [7, 11) is 1.83. The molecule has 1 saturated carbocycles. The van der Waals surface area contributed by atoms with Gasteiger partial charge in [-0.15, -0.1) is 11.3 Å². The lowest BCUT2D eigenvalue weighted by Gasteiger charge is -2.26. The number of nitrogens with zero attached hydrogens (tertiary/aromatic N) is 1. The molecule has 1 heterocycles. The summed E-state index contributed by atoms with van der Waals surface area (Å²) in [5.74, 6) is 5.86. The van der Waals surface area contributed by atoms with E-state index >= 15 is 0 Å². The van der Waals surface area contributed by atoms with Crippen LogP contribution in [0.1, 0.15) is 42.5 Å². The van der Waals surface area contributed by atoms with Crippen LogP contribution >= 0.6 is 11.3 Å². The van der Waals surface area contributed by atoms with Crippen LogP contribution in [0.25, 0.3) is 0 Å². The van der Waals surface area contributed by atoms with E-state index < -0.39 is 0 Å². The number of nitrogens with one attached hydrogen (secondary N) is 1. The molecule has 1 aromatic rings. The third kappa shape index (κ3) is 5.07. The third-order valence-electron chi connectivity index (χ3n) is 3.67. The second-order valence-corrected chi connectivity index (χ2v) is 6.38. The Kier molecular flexibility index (Phi) is 6.09. The number of urea groups is 1. The first kappa shape index (κ1) is 15.9. The van der Waals surface area contributed by atoms with E-state index in [1.165, 1.54) is 19.3 Å². The molecule has 5 heteroatoms. The van der Waals surface area contributed by atoms with Gasteiger partial charge in [-0.1, -0.05) is 31.1 Å². The van der Waals surface area contributed by atoms with Crippen molar-refractivity contribution in [2.75, 3.05) is 13.6 Å². The second kappa shape index (κ2) is 8.06. The molecule has 2 amide bonds. The SMILES string of the molecule is CN(Cc1csc(C#CCN)c1)C(=O)NC1CCCCC1. The van der Waals surface area contributed by atoms with E-state index in [0.29, 0.717) is 19.1 Å². The number of hydrogen-bond donors (Lipinski definition) is 2. The Hall–Kier alpha value is -1.51. The van der Waals surface area contributed by atoms with E-state index in [4.69, 9.17) is 5.73 Å². The van der Waals surface area contributed by atoms with Crippen molar-refractivity contribution in [1.82, 2.24) is 10.2 Å². The van der Waals surface area contributed by atoms with Crippen LogP contribution in [0.4, 0.5) is 4.79 Å². The minimum Gasteiger partial charge on any atom is -0.335 e. The third-order valence-corrected chi connectivity index (χ3v) is 4.56. The molecule has 1 fully saturated rings. The number of rotatable bonds is 3. The average Bonchev–Trinajstić information content (AvgIpc) is 2.93. The quantitative estimate of drug-likeness (QED) is 0.843. The van der Waals surface area contributed by atoms with E-state index in [9.17, 15) is 4.79 Å². The predicted octanol–water partition coefficient (Wildman–Crippen LogP) is 2.53. The summed E-state index contributed by atoms with van der Waals surface area (Å²) in [5.41, 5.74) is 6.48. The van der Waals surface area contributed by atoms with Crippen LogP contribution in [0.2, 0.25) is 0 Å². The fraction of sp³-hybridized carbons (Fsp3) is 0.562. The van der Waals surface area contributed by atoms with E-state index in [2.05, 4.69) is 17.2 Å². The Morgan fingerprint density at radius 2 is 2.24 bits per heavy atom. The molecule has 21 heavy (non-hydrogen) atoms. The molecule has 114 valence electrons. The normalized spacial score (nSPS) is 15.1. The van der Waals surface area contributed by atoms with Crippen molar-refractivity contribution in [1.29, 1.82) is 0 Å². The maximum absolute atomic E-state index is 12.2. The van der Waals surface area contributed by atoms with E-state index in [-0.39, 0.29) is 6.03 Å². The number of nitrogens with two attached hydrogens (primary N) is 1. The maximum Gasteiger partial charge on any atom is 0.317 e. The van der Waals surface area contributed by atoms with Crippen LogP contribution in [0.3, 0.4) is 0 Å². The number of carbonyl (C=O) groups is 1. The largest absolute Gasteiger partial charge is 0.335 e. The number of thiophene rings is 1. The van der Waals surface area contributed by atoms with Crippen LogP contribution in [-0.2, 0) is 6.54 Å². The van der Waals surface area contributed by atoms with Gasteiger partial charge in [-0.25, -0.2) is 4.79 Å². The zero-order valence-corrected chi connectivity index (χ0v) is 13.3. The molecule has 0 unspecified atom stereocenters. The van der Waals surface area contributed by atoms with Crippen LogP contribution in [0.5, 0.6) is 0 Å². The summed E-state index contributed by atoms with van der Waals surface area (Å²) in [6.45, 7) is 0.982. The summed E-state index contributed by atoms with van der Waals surface area (Å²) in [6.07, 6.45) is 5.96. The number of carbonyl (C=O) groups excluding carboxylic acids is 1. The fourth-order valence-corrected chi connectivity index (χ4v) is 3.31. The molecular weight excluding hydrogens is 282 g/mol. The lowest BCUT2D eigenvalue weighted by atomic mass is 9.96. The van der Waals surface area contributed by atoms with Crippen molar-refractivity contribution in [3.63, 3.8) is 0 Å². The highest BCUT2D eigenvalue weighted by Gasteiger charge is 2.18. The van der Waals surface area contributed by atoms with Crippen molar-refractivity contribution >= 4 is 17.4 Å². The zero-order valence-electron chi connectivity index (χ0n) is 12.5. The Labute approximate surface area is 130 Å². The molecule has 4 nitrogen and oxygen atoms in total. The standard InChI is InChI=1S/C16H23N3OS/c1-19(16(20)18-14-6-3-2-4-7-14)11-13-10-15(21-12-13)8-5-9-17/h10,12,14H,2-4,6-7,9,11,17H2,1H3,(H,18,20). The molecule has 0 aromatic carbocycles. The van der Waals surface area contributed by atoms with Gasteiger partial charge < -0.3 is 16.0 Å². The summed E-state index contributed by atoms with van der Waals surface area (Å²) in [6, 6.07) is 2.39. The van der Waals surface area contributed by atoms with Crippen molar-refractivity contribution in [3.05, 3.63) is 21.9 Å². The lowest BCUT2D eigenvalue weighted by Crippen LogP contribution is -2.43. The minimum absolute atomic E-state index is 0.0164. The van der Waals surface area contributed by atoms with E-state index in [0.717, 1.165) is 23.3 Å². The molecule has 1 aliphatic rings. The van der Waals surface area contributed by atoms with Crippen LogP contribution in [0.15, 0.2) is 11.4 Å². The smallest absolute Gasteiger partial charge is 0.317 e. The van der Waals surface area contributed by atoms with Gasteiger partial charge in [-0.05, 0) is 29.9 Å². The summed E-state index contributed by atoms with van der Waals surface area (Å²) in [5, 5.41) is 5.17. The lowest BCUT2D eigenvalue weighted by molar-refractivity contribution is 0.198. The molecule has 0 aliphatic heterocycles. The Morgan fingerprint density at radius 1 is 1.48 bits per heavy atom. The van der Waals surface area contributed by atoms with Gasteiger partial charge in [0.15, 0.2) is 0 Å². The average molecular weight is 305 g/mol. The van der Waals surface area contributed by atoms with Crippen molar-refractivity contribution in [2.24, 2.45) is 5.73 Å². The van der Waals surface area contributed by atoms with Gasteiger partial charge in [-0.3, -0.25) is 0 Å². The second-order valence-electron chi connectivity index (χ2n) is 5.47. The van der Waals surface area contributed by atoms with Crippen LogP contribution in [0, 0.1) is 11.8 Å². The maximum atomic E-state index is 12.2. The van der Waals surface area contributed by atoms with Gasteiger partial charge in [0.05, 0.1) is 11.4 Å². The van der Waals surface area contributed by atoms with E-state index in [1.54, 1.807) is 16.2 Å². The first-order valence-corrected chi connectivity index (χ1v) is 8.35. The molecule has 1 aromatic heterocycles. The molecule has 2 rings (SSSR count).